The van der Waals surface area contributed by atoms with Crippen molar-refractivity contribution in [2.75, 3.05) is 24.2 Å². The fourth-order valence-corrected chi connectivity index (χ4v) is 4.90. The topological polar surface area (TPSA) is 96.0 Å². The zero-order valence-corrected chi connectivity index (χ0v) is 22.8. The number of hydrogen-bond donors (Lipinski definition) is 1. The molecule has 0 radical (unpaired) electrons. The highest BCUT2D eigenvalue weighted by molar-refractivity contribution is 7.92. The number of methoxy groups -OCH3 is 1. The number of nitrogens with zero attached hydrogens (tertiary/aromatic N) is 2. The number of hydrogen-bond acceptors (Lipinski definition) is 5. The molecule has 0 saturated carbocycles. The smallest absolute Gasteiger partial charge is 0.244 e. The van der Waals surface area contributed by atoms with Crippen molar-refractivity contribution in [1.29, 1.82) is 0 Å². The molecule has 2 atom stereocenters. The highest BCUT2D eigenvalue weighted by Gasteiger charge is 2.31. The number of anilines is 1. The molecule has 0 aliphatic heterocycles. The molecule has 8 nitrogen and oxygen atoms in total. The van der Waals surface area contributed by atoms with E-state index in [9.17, 15) is 18.0 Å². The third kappa shape index (κ3) is 7.01. The number of nitrogens with one attached hydrogen (secondary N) is 1. The van der Waals surface area contributed by atoms with E-state index in [-0.39, 0.29) is 18.5 Å². The molecule has 0 aromatic heterocycles. The van der Waals surface area contributed by atoms with Gasteiger partial charge in [0.15, 0.2) is 0 Å². The van der Waals surface area contributed by atoms with Crippen LogP contribution in [0.3, 0.4) is 0 Å². The molecule has 0 heterocycles. The average molecular weight is 526 g/mol. The van der Waals surface area contributed by atoms with Crippen LogP contribution in [0, 0.1) is 0 Å². The molecule has 37 heavy (non-hydrogen) atoms. The van der Waals surface area contributed by atoms with Crippen LogP contribution in [0.2, 0.25) is 0 Å². The Balaban J connectivity index is 1.99. The summed E-state index contributed by atoms with van der Waals surface area (Å²) in [4.78, 5) is 28.2. The van der Waals surface area contributed by atoms with Crippen molar-refractivity contribution in [3.05, 3.63) is 72.3 Å². The number of fused-ring (bicyclic) bond motifs is 1. The highest BCUT2D eigenvalue weighted by atomic mass is 32.2. The molecule has 9 heteroatoms. The maximum atomic E-state index is 13.8. The molecule has 0 spiro atoms. The van der Waals surface area contributed by atoms with E-state index in [1.54, 1.807) is 44.4 Å². The van der Waals surface area contributed by atoms with E-state index in [1.807, 2.05) is 50.2 Å². The number of carbonyl (C=O) groups excluding carboxylic acids is 2. The Labute approximate surface area is 219 Å². The maximum absolute atomic E-state index is 13.8. The van der Waals surface area contributed by atoms with Gasteiger partial charge in [0.25, 0.3) is 0 Å². The van der Waals surface area contributed by atoms with Gasteiger partial charge >= 0.3 is 0 Å². The predicted molar refractivity (Wildman–Crippen MR) is 147 cm³/mol. The number of rotatable bonds is 11. The fourth-order valence-electron chi connectivity index (χ4n) is 4.04. The van der Waals surface area contributed by atoms with Crippen LogP contribution in [-0.2, 0) is 26.2 Å². The summed E-state index contributed by atoms with van der Waals surface area (Å²) < 4.78 is 32.3. The van der Waals surface area contributed by atoms with Gasteiger partial charge in [-0.3, -0.25) is 13.9 Å². The maximum Gasteiger partial charge on any atom is 0.244 e. The largest absolute Gasteiger partial charge is 0.497 e. The summed E-state index contributed by atoms with van der Waals surface area (Å²) in [6.07, 6.45) is 1.82. The summed E-state index contributed by atoms with van der Waals surface area (Å²) in [6.45, 7) is 5.17. The number of sulfonamides is 1. The third-order valence-corrected chi connectivity index (χ3v) is 7.50. The molecule has 0 aliphatic rings. The summed E-state index contributed by atoms with van der Waals surface area (Å²) in [5.74, 6) is -0.176. The molecule has 0 fully saturated rings. The van der Waals surface area contributed by atoms with Gasteiger partial charge < -0.3 is 15.0 Å². The van der Waals surface area contributed by atoms with Crippen LogP contribution >= 0.6 is 0 Å². The normalized spacial score (nSPS) is 13.0. The lowest BCUT2D eigenvalue weighted by atomic mass is 10.1. The number of amides is 2. The minimum atomic E-state index is -3.83. The first-order valence-electron chi connectivity index (χ1n) is 12.2. The van der Waals surface area contributed by atoms with E-state index in [0.717, 1.165) is 27.9 Å². The Hall–Kier alpha value is -3.59. The van der Waals surface area contributed by atoms with Gasteiger partial charge in [-0.25, -0.2) is 8.42 Å². The van der Waals surface area contributed by atoms with Crippen LogP contribution in [0.1, 0.15) is 32.8 Å². The summed E-state index contributed by atoms with van der Waals surface area (Å²) in [6, 6.07) is 19.1. The molecular formula is C28H35N3O5S. The number of benzene rings is 3. The van der Waals surface area contributed by atoms with Crippen molar-refractivity contribution in [2.45, 2.75) is 45.8 Å². The summed E-state index contributed by atoms with van der Waals surface area (Å²) in [5.41, 5.74) is 1.17. The van der Waals surface area contributed by atoms with E-state index in [1.165, 1.54) is 4.90 Å². The molecule has 2 amide bonds. The zero-order chi connectivity index (χ0) is 27.2. The van der Waals surface area contributed by atoms with E-state index in [2.05, 4.69) is 5.32 Å². The first kappa shape index (κ1) is 28.0. The van der Waals surface area contributed by atoms with Gasteiger partial charge in [0.2, 0.25) is 21.8 Å². The molecule has 3 aromatic carbocycles. The Bertz CT molecular complexity index is 1350. The first-order valence-corrected chi connectivity index (χ1v) is 14.1. The van der Waals surface area contributed by atoms with E-state index in [4.69, 9.17) is 4.74 Å². The molecule has 2 unspecified atom stereocenters. The van der Waals surface area contributed by atoms with Crippen molar-refractivity contribution in [3.8, 4) is 5.75 Å². The van der Waals surface area contributed by atoms with Gasteiger partial charge in [0.1, 0.15) is 18.3 Å². The van der Waals surface area contributed by atoms with Crippen LogP contribution in [0.15, 0.2) is 66.7 Å². The molecule has 0 aliphatic carbocycles. The molecule has 0 bridgehead atoms. The monoisotopic (exact) mass is 525 g/mol. The van der Waals surface area contributed by atoms with Crippen LogP contribution < -0.4 is 14.4 Å². The number of carbonyl (C=O) groups is 2. The highest BCUT2D eigenvalue weighted by Crippen LogP contribution is 2.29. The lowest BCUT2D eigenvalue weighted by molar-refractivity contribution is -0.139. The summed E-state index contributed by atoms with van der Waals surface area (Å²) in [7, 11) is -2.27. The minimum Gasteiger partial charge on any atom is -0.497 e. The van der Waals surface area contributed by atoms with E-state index >= 15 is 0 Å². The van der Waals surface area contributed by atoms with Crippen LogP contribution in [0.4, 0.5) is 5.69 Å². The summed E-state index contributed by atoms with van der Waals surface area (Å²) >= 11 is 0. The van der Waals surface area contributed by atoms with Crippen molar-refractivity contribution in [1.82, 2.24) is 10.2 Å². The lowest BCUT2D eigenvalue weighted by Gasteiger charge is -2.32. The Kier molecular flexibility index (Phi) is 9.15. The Morgan fingerprint density at radius 1 is 1.00 bits per heavy atom. The lowest BCUT2D eigenvalue weighted by Crippen LogP contribution is -2.52. The van der Waals surface area contributed by atoms with Crippen molar-refractivity contribution in [3.63, 3.8) is 0 Å². The van der Waals surface area contributed by atoms with Crippen LogP contribution in [0.25, 0.3) is 10.8 Å². The minimum absolute atomic E-state index is 0.0630. The third-order valence-electron chi connectivity index (χ3n) is 6.37. The summed E-state index contributed by atoms with van der Waals surface area (Å²) in [5, 5.41) is 4.49. The standard InChI is InChI=1S/C28H35N3O5S/c1-6-20(2)29-28(33)21(3)30(18-22-11-9-14-24(17-22)36-4)27(32)19-31(37(5,34)35)26-16-10-13-23-12-7-8-15-25(23)26/h7-17,20-21H,6,18-19H2,1-5H3,(H,29,33). The van der Waals surface area contributed by atoms with Crippen LogP contribution in [-0.4, -0.2) is 57.1 Å². The van der Waals surface area contributed by atoms with Gasteiger partial charge in [-0.1, -0.05) is 55.5 Å². The molecule has 1 N–H and O–H groups in total. The van der Waals surface area contributed by atoms with Crippen molar-refractivity contribution in [2.24, 2.45) is 0 Å². The van der Waals surface area contributed by atoms with Gasteiger partial charge in [-0.2, -0.15) is 0 Å². The number of ether oxygens (including phenoxy) is 1. The van der Waals surface area contributed by atoms with Crippen molar-refractivity contribution >= 4 is 38.3 Å². The second-order valence-electron chi connectivity index (χ2n) is 9.13. The first-order chi connectivity index (χ1) is 17.5. The van der Waals surface area contributed by atoms with Gasteiger partial charge in [0.05, 0.1) is 19.1 Å². The average Bonchev–Trinajstić information content (AvgIpc) is 2.88. The molecular weight excluding hydrogens is 490 g/mol. The molecule has 3 rings (SSSR count). The zero-order valence-electron chi connectivity index (χ0n) is 22.0. The van der Waals surface area contributed by atoms with Gasteiger partial charge in [-0.05, 0) is 49.4 Å². The quantitative estimate of drug-likeness (QED) is 0.409. The molecule has 0 saturated heterocycles. The van der Waals surface area contributed by atoms with Gasteiger partial charge in [0, 0.05) is 18.0 Å². The Morgan fingerprint density at radius 2 is 1.68 bits per heavy atom. The van der Waals surface area contributed by atoms with Gasteiger partial charge in [-0.15, -0.1) is 0 Å². The fraction of sp³-hybridized carbons (Fsp3) is 0.357. The molecule has 3 aromatic rings. The second kappa shape index (κ2) is 12.1. The second-order valence-corrected chi connectivity index (χ2v) is 11.0. The molecule has 198 valence electrons. The SMILES string of the molecule is CCC(C)NC(=O)C(C)N(Cc1cccc(OC)c1)C(=O)CN(c1cccc2ccccc12)S(C)(=O)=O. The van der Waals surface area contributed by atoms with E-state index < -0.39 is 28.5 Å². The van der Waals surface area contributed by atoms with Crippen molar-refractivity contribution < 1.29 is 22.7 Å². The Morgan fingerprint density at radius 3 is 2.35 bits per heavy atom. The van der Waals surface area contributed by atoms with Crippen LogP contribution in [0.5, 0.6) is 5.75 Å². The predicted octanol–water partition coefficient (Wildman–Crippen LogP) is 3.95. The van der Waals surface area contributed by atoms with E-state index in [0.29, 0.717) is 16.8 Å².